The lowest BCUT2D eigenvalue weighted by atomic mass is 9.55. The fraction of sp³-hybridized carbons (Fsp3) is 0.944. The summed E-state index contributed by atoms with van der Waals surface area (Å²) in [5.74, 6) is 0.736. The molecule has 0 bridgehead atoms. The number of ether oxygens (including phenoxy) is 2. The number of hydrogen-bond donors (Lipinski definition) is 1. The first-order valence-corrected chi connectivity index (χ1v) is 8.98. The molecule has 5 heteroatoms. The molecule has 132 valence electrons. The number of carbonyl (C=O) groups excluding carboxylic acids is 1. The number of amides is 2. The molecule has 1 heterocycles. The Bertz CT molecular complexity index is 463. The number of nitrogens with one attached hydrogen (secondary N) is 1. The van der Waals surface area contributed by atoms with Crippen LogP contribution in [0.4, 0.5) is 4.79 Å². The lowest BCUT2D eigenvalue weighted by molar-refractivity contribution is -0.198. The Morgan fingerprint density at radius 3 is 2.52 bits per heavy atom. The topological polar surface area (TPSA) is 50.8 Å². The minimum absolute atomic E-state index is 0.0416. The zero-order valence-corrected chi connectivity index (χ0v) is 15.2. The minimum atomic E-state index is -0.151. The van der Waals surface area contributed by atoms with Crippen molar-refractivity contribution in [1.82, 2.24) is 10.2 Å². The molecule has 3 fully saturated rings. The molecule has 0 aromatic carbocycles. The minimum Gasteiger partial charge on any atom is -0.378 e. The van der Waals surface area contributed by atoms with Crippen LogP contribution < -0.4 is 5.32 Å². The molecule has 2 saturated carbocycles. The summed E-state index contributed by atoms with van der Waals surface area (Å²) in [6, 6.07) is 0.510. The third-order valence-electron chi connectivity index (χ3n) is 6.81. The normalized spacial score (nSPS) is 39.4. The lowest BCUT2D eigenvalue weighted by Gasteiger charge is -2.61. The van der Waals surface area contributed by atoms with Gasteiger partial charge < -0.3 is 19.7 Å². The van der Waals surface area contributed by atoms with Crippen molar-refractivity contribution in [1.29, 1.82) is 0 Å². The highest BCUT2D eigenvalue weighted by Gasteiger charge is 2.60. The quantitative estimate of drug-likeness (QED) is 0.865. The van der Waals surface area contributed by atoms with Gasteiger partial charge in [-0.2, -0.15) is 0 Å². The van der Waals surface area contributed by atoms with Gasteiger partial charge in [0.15, 0.2) is 0 Å². The molecule has 0 aromatic rings. The van der Waals surface area contributed by atoms with Crippen LogP contribution in [0.2, 0.25) is 0 Å². The van der Waals surface area contributed by atoms with Crippen molar-refractivity contribution >= 4 is 6.03 Å². The number of hydrogen-bond acceptors (Lipinski definition) is 3. The van der Waals surface area contributed by atoms with E-state index >= 15 is 0 Å². The van der Waals surface area contributed by atoms with Crippen molar-refractivity contribution in [2.45, 2.75) is 76.7 Å². The molecular formula is C18H32N2O3. The van der Waals surface area contributed by atoms with E-state index in [-0.39, 0.29) is 29.1 Å². The molecule has 0 aromatic heterocycles. The van der Waals surface area contributed by atoms with Crippen LogP contribution in [-0.4, -0.2) is 55.5 Å². The van der Waals surface area contributed by atoms with Gasteiger partial charge in [-0.25, -0.2) is 4.79 Å². The smallest absolute Gasteiger partial charge is 0.317 e. The van der Waals surface area contributed by atoms with Crippen molar-refractivity contribution in [3.63, 3.8) is 0 Å². The highest BCUT2D eigenvalue weighted by molar-refractivity contribution is 5.75. The molecule has 5 nitrogen and oxygen atoms in total. The van der Waals surface area contributed by atoms with E-state index < -0.39 is 0 Å². The van der Waals surface area contributed by atoms with E-state index in [1.807, 2.05) is 11.9 Å². The molecule has 0 unspecified atom stereocenters. The van der Waals surface area contributed by atoms with Gasteiger partial charge in [0.1, 0.15) is 0 Å². The Balaban J connectivity index is 1.54. The molecular weight excluding hydrogens is 292 g/mol. The summed E-state index contributed by atoms with van der Waals surface area (Å²) in [5.41, 5.74) is -0.192. The van der Waals surface area contributed by atoms with Crippen LogP contribution in [0, 0.1) is 11.3 Å². The van der Waals surface area contributed by atoms with Gasteiger partial charge in [-0.1, -0.05) is 13.8 Å². The second kappa shape index (κ2) is 5.92. The van der Waals surface area contributed by atoms with Gasteiger partial charge in [0, 0.05) is 38.3 Å². The molecule has 1 N–H and O–H groups in total. The van der Waals surface area contributed by atoms with Gasteiger partial charge in [0.2, 0.25) is 0 Å². The van der Waals surface area contributed by atoms with E-state index in [0.29, 0.717) is 6.10 Å². The third kappa shape index (κ3) is 2.98. The highest BCUT2D eigenvalue weighted by Crippen LogP contribution is 2.53. The molecule has 23 heavy (non-hydrogen) atoms. The first kappa shape index (κ1) is 17.0. The first-order chi connectivity index (χ1) is 10.8. The lowest BCUT2D eigenvalue weighted by Crippen LogP contribution is -2.69. The predicted molar refractivity (Wildman–Crippen MR) is 89.4 cm³/mol. The van der Waals surface area contributed by atoms with Gasteiger partial charge in [-0.05, 0) is 44.9 Å². The molecule has 0 spiro atoms. The fourth-order valence-corrected chi connectivity index (χ4v) is 4.25. The second-order valence-corrected chi connectivity index (χ2v) is 8.40. The maximum atomic E-state index is 12.7. The Morgan fingerprint density at radius 1 is 1.26 bits per heavy atom. The summed E-state index contributed by atoms with van der Waals surface area (Å²) < 4.78 is 11.5. The number of nitrogens with zero attached hydrogens (tertiary/aromatic N) is 1. The summed E-state index contributed by atoms with van der Waals surface area (Å²) in [7, 11) is 3.67. The molecule has 3 aliphatic rings. The summed E-state index contributed by atoms with van der Waals surface area (Å²) in [6.45, 7) is 7.28. The zero-order valence-electron chi connectivity index (χ0n) is 15.2. The molecule has 1 aliphatic heterocycles. The molecule has 1 saturated heterocycles. The van der Waals surface area contributed by atoms with Crippen LogP contribution in [0.25, 0.3) is 0 Å². The molecule has 0 radical (unpaired) electrons. The van der Waals surface area contributed by atoms with E-state index in [4.69, 9.17) is 9.47 Å². The van der Waals surface area contributed by atoms with E-state index in [1.165, 1.54) is 12.8 Å². The largest absolute Gasteiger partial charge is 0.378 e. The Hall–Kier alpha value is -0.810. The van der Waals surface area contributed by atoms with Crippen LogP contribution in [0.5, 0.6) is 0 Å². The van der Waals surface area contributed by atoms with Crippen molar-refractivity contribution in [2.75, 3.05) is 20.8 Å². The van der Waals surface area contributed by atoms with E-state index in [9.17, 15) is 4.79 Å². The van der Waals surface area contributed by atoms with E-state index in [1.54, 1.807) is 7.11 Å². The van der Waals surface area contributed by atoms with Gasteiger partial charge in [0.25, 0.3) is 0 Å². The molecule has 4 atom stereocenters. The maximum Gasteiger partial charge on any atom is 0.317 e. The van der Waals surface area contributed by atoms with Gasteiger partial charge in [-0.15, -0.1) is 0 Å². The number of carbonyl (C=O) groups is 1. The van der Waals surface area contributed by atoms with Crippen molar-refractivity contribution in [3.05, 3.63) is 0 Å². The van der Waals surface area contributed by atoms with Gasteiger partial charge in [0.05, 0.1) is 11.7 Å². The summed E-state index contributed by atoms with van der Waals surface area (Å²) in [5, 5.41) is 3.23. The SMILES string of the molecule is CO[C@]1(C)C[C@H](N(C)C(=O)N[C@@H]2CCO[C@H](C3CC3)C2)C1(C)C. The van der Waals surface area contributed by atoms with Crippen LogP contribution in [0.1, 0.15) is 52.9 Å². The monoisotopic (exact) mass is 324 g/mol. The first-order valence-electron chi connectivity index (χ1n) is 8.98. The number of rotatable bonds is 4. The Morgan fingerprint density at radius 2 is 1.96 bits per heavy atom. The van der Waals surface area contributed by atoms with Crippen molar-refractivity contribution in [2.24, 2.45) is 11.3 Å². The third-order valence-corrected chi connectivity index (χ3v) is 6.81. The molecule has 3 rings (SSSR count). The average Bonchev–Trinajstić information content (AvgIpc) is 3.36. The summed E-state index contributed by atoms with van der Waals surface area (Å²) in [4.78, 5) is 14.5. The van der Waals surface area contributed by atoms with Crippen LogP contribution in [0.3, 0.4) is 0 Å². The van der Waals surface area contributed by atoms with Crippen LogP contribution >= 0.6 is 0 Å². The van der Waals surface area contributed by atoms with Gasteiger partial charge in [-0.3, -0.25) is 0 Å². The fourth-order valence-electron chi connectivity index (χ4n) is 4.25. The van der Waals surface area contributed by atoms with E-state index in [2.05, 4.69) is 26.1 Å². The maximum absolute atomic E-state index is 12.7. The zero-order chi connectivity index (χ0) is 16.8. The van der Waals surface area contributed by atoms with Crippen LogP contribution in [0.15, 0.2) is 0 Å². The Kier molecular flexibility index (Phi) is 4.38. The second-order valence-electron chi connectivity index (χ2n) is 8.40. The highest BCUT2D eigenvalue weighted by atomic mass is 16.5. The van der Waals surface area contributed by atoms with E-state index in [0.717, 1.165) is 31.8 Å². The molecule has 2 aliphatic carbocycles. The summed E-state index contributed by atoms with van der Waals surface area (Å²) in [6.07, 6.45) is 5.71. The molecule has 2 amide bonds. The van der Waals surface area contributed by atoms with Crippen molar-refractivity contribution < 1.29 is 14.3 Å². The average molecular weight is 324 g/mol. The van der Waals surface area contributed by atoms with Crippen LogP contribution in [-0.2, 0) is 9.47 Å². The Labute approximate surface area is 140 Å². The predicted octanol–water partition coefficient (Wildman–Crippen LogP) is 2.79. The summed E-state index contributed by atoms with van der Waals surface area (Å²) >= 11 is 0. The van der Waals surface area contributed by atoms with Gasteiger partial charge >= 0.3 is 6.03 Å². The van der Waals surface area contributed by atoms with Crippen molar-refractivity contribution in [3.8, 4) is 0 Å². The standard InChI is InChI=1S/C18H32N2O3/c1-17(2)15(11-18(17,3)22-5)20(4)16(21)19-13-8-9-23-14(10-13)12-6-7-12/h12-15H,6-11H2,1-5H3,(H,19,21)/t13-,14+,15+,18-/m1/s1. The number of urea groups is 1. The number of methoxy groups -OCH3 is 1.